The SMILES string of the molecule is CC1CCC(C(C)CC(C)(C)C)C1. The summed E-state index contributed by atoms with van der Waals surface area (Å²) in [7, 11) is 0. The van der Waals surface area contributed by atoms with Crippen LogP contribution in [0.5, 0.6) is 0 Å². The van der Waals surface area contributed by atoms with Gasteiger partial charge < -0.3 is 0 Å². The van der Waals surface area contributed by atoms with Crippen molar-refractivity contribution in [2.24, 2.45) is 23.2 Å². The van der Waals surface area contributed by atoms with Crippen LogP contribution in [0, 0.1) is 23.2 Å². The molecule has 0 bridgehead atoms. The van der Waals surface area contributed by atoms with E-state index < -0.39 is 0 Å². The van der Waals surface area contributed by atoms with Crippen molar-refractivity contribution in [1.29, 1.82) is 0 Å². The molecule has 0 aromatic heterocycles. The summed E-state index contributed by atoms with van der Waals surface area (Å²) < 4.78 is 0. The van der Waals surface area contributed by atoms with Crippen LogP contribution in [-0.4, -0.2) is 0 Å². The zero-order valence-electron chi connectivity index (χ0n) is 10.1. The molecule has 1 aliphatic carbocycles. The van der Waals surface area contributed by atoms with Crippen LogP contribution in [0.3, 0.4) is 0 Å². The van der Waals surface area contributed by atoms with Crippen LogP contribution < -0.4 is 0 Å². The first-order chi connectivity index (χ1) is 5.88. The fourth-order valence-corrected chi connectivity index (χ4v) is 2.90. The summed E-state index contributed by atoms with van der Waals surface area (Å²) >= 11 is 0. The fraction of sp³-hybridized carbons (Fsp3) is 1.00. The maximum atomic E-state index is 2.45. The molecule has 1 saturated carbocycles. The molecule has 0 nitrogen and oxygen atoms in total. The molecule has 0 radical (unpaired) electrons. The number of hydrogen-bond donors (Lipinski definition) is 0. The number of rotatable bonds is 2. The van der Waals surface area contributed by atoms with Gasteiger partial charge in [-0.05, 0) is 42.4 Å². The zero-order chi connectivity index (χ0) is 10.1. The van der Waals surface area contributed by atoms with Crippen molar-refractivity contribution >= 4 is 0 Å². The van der Waals surface area contributed by atoms with Crippen molar-refractivity contribution in [2.45, 2.75) is 60.3 Å². The van der Waals surface area contributed by atoms with Gasteiger partial charge in [0.15, 0.2) is 0 Å². The van der Waals surface area contributed by atoms with E-state index >= 15 is 0 Å². The molecule has 1 fully saturated rings. The van der Waals surface area contributed by atoms with Gasteiger partial charge in [0.1, 0.15) is 0 Å². The largest absolute Gasteiger partial charge is 0.0625 e. The van der Waals surface area contributed by atoms with E-state index in [4.69, 9.17) is 0 Å². The first-order valence-electron chi connectivity index (χ1n) is 5.88. The van der Waals surface area contributed by atoms with Crippen LogP contribution in [-0.2, 0) is 0 Å². The average molecular weight is 182 g/mol. The lowest BCUT2D eigenvalue weighted by atomic mass is 9.79. The first kappa shape index (κ1) is 11.1. The Morgan fingerprint density at radius 1 is 1.23 bits per heavy atom. The van der Waals surface area contributed by atoms with Gasteiger partial charge >= 0.3 is 0 Å². The summed E-state index contributed by atoms with van der Waals surface area (Å²) in [6, 6.07) is 0. The molecule has 0 aliphatic heterocycles. The topological polar surface area (TPSA) is 0 Å². The van der Waals surface area contributed by atoms with Crippen LogP contribution in [0.15, 0.2) is 0 Å². The maximum Gasteiger partial charge on any atom is -0.0380 e. The van der Waals surface area contributed by atoms with Gasteiger partial charge in [0.25, 0.3) is 0 Å². The summed E-state index contributed by atoms with van der Waals surface area (Å²) in [6.07, 6.45) is 5.83. The minimum Gasteiger partial charge on any atom is -0.0625 e. The molecule has 0 amide bonds. The normalized spacial score (nSPS) is 32.1. The molecule has 0 spiro atoms. The first-order valence-corrected chi connectivity index (χ1v) is 5.88. The molecule has 0 aromatic rings. The fourth-order valence-electron chi connectivity index (χ4n) is 2.90. The van der Waals surface area contributed by atoms with Gasteiger partial charge in [-0.25, -0.2) is 0 Å². The van der Waals surface area contributed by atoms with Crippen LogP contribution >= 0.6 is 0 Å². The zero-order valence-corrected chi connectivity index (χ0v) is 10.1. The molecule has 13 heavy (non-hydrogen) atoms. The van der Waals surface area contributed by atoms with E-state index in [2.05, 4.69) is 34.6 Å². The van der Waals surface area contributed by atoms with Crippen molar-refractivity contribution in [3.05, 3.63) is 0 Å². The Hall–Kier alpha value is 0. The van der Waals surface area contributed by atoms with Gasteiger partial charge in [-0.2, -0.15) is 0 Å². The van der Waals surface area contributed by atoms with E-state index in [-0.39, 0.29) is 0 Å². The second kappa shape index (κ2) is 4.02. The van der Waals surface area contributed by atoms with Crippen LogP contribution in [0.25, 0.3) is 0 Å². The highest BCUT2D eigenvalue weighted by molar-refractivity contribution is 4.79. The van der Waals surface area contributed by atoms with E-state index in [1.54, 1.807) is 0 Å². The second-order valence-corrected chi connectivity index (χ2v) is 6.42. The van der Waals surface area contributed by atoms with Crippen molar-refractivity contribution in [2.75, 3.05) is 0 Å². The van der Waals surface area contributed by atoms with Crippen molar-refractivity contribution in [3.63, 3.8) is 0 Å². The minimum atomic E-state index is 0.519. The van der Waals surface area contributed by atoms with Crippen molar-refractivity contribution < 1.29 is 0 Å². The summed E-state index contributed by atoms with van der Waals surface area (Å²) in [6.45, 7) is 11.9. The predicted molar refractivity (Wildman–Crippen MR) is 59.7 cm³/mol. The van der Waals surface area contributed by atoms with Gasteiger partial charge in [-0.15, -0.1) is 0 Å². The van der Waals surface area contributed by atoms with Crippen LogP contribution in [0.4, 0.5) is 0 Å². The van der Waals surface area contributed by atoms with Gasteiger partial charge in [-0.1, -0.05) is 41.0 Å². The minimum absolute atomic E-state index is 0.519. The summed E-state index contributed by atoms with van der Waals surface area (Å²) in [5.74, 6) is 2.95. The quantitative estimate of drug-likeness (QED) is 0.590. The predicted octanol–water partition coefficient (Wildman–Crippen LogP) is 4.49. The van der Waals surface area contributed by atoms with E-state index in [1.165, 1.54) is 25.7 Å². The Kier molecular flexibility index (Phi) is 3.43. The van der Waals surface area contributed by atoms with Crippen LogP contribution in [0.1, 0.15) is 60.3 Å². The smallest absolute Gasteiger partial charge is 0.0380 e. The summed E-state index contributed by atoms with van der Waals surface area (Å²) in [5, 5.41) is 0. The molecule has 0 saturated heterocycles. The molecule has 3 atom stereocenters. The van der Waals surface area contributed by atoms with Gasteiger partial charge in [-0.3, -0.25) is 0 Å². The Bertz CT molecular complexity index is 152. The van der Waals surface area contributed by atoms with Crippen molar-refractivity contribution in [3.8, 4) is 0 Å². The molecule has 3 unspecified atom stereocenters. The lowest BCUT2D eigenvalue weighted by molar-refractivity contribution is 0.237. The summed E-state index contributed by atoms with van der Waals surface area (Å²) in [5.41, 5.74) is 0.519. The highest BCUT2D eigenvalue weighted by Gasteiger charge is 2.28. The summed E-state index contributed by atoms with van der Waals surface area (Å²) in [4.78, 5) is 0. The standard InChI is InChI=1S/C13H26/c1-10-6-7-12(8-10)11(2)9-13(3,4)5/h10-12H,6-9H2,1-5H3. The second-order valence-electron chi connectivity index (χ2n) is 6.42. The monoisotopic (exact) mass is 182 g/mol. The maximum absolute atomic E-state index is 2.45. The van der Waals surface area contributed by atoms with E-state index in [0.29, 0.717) is 5.41 Å². The highest BCUT2D eigenvalue weighted by Crippen LogP contribution is 2.39. The van der Waals surface area contributed by atoms with E-state index in [9.17, 15) is 0 Å². The molecule has 78 valence electrons. The van der Waals surface area contributed by atoms with Crippen molar-refractivity contribution in [1.82, 2.24) is 0 Å². The molecule has 1 aliphatic rings. The Balaban J connectivity index is 2.36. The Morgan fingerprint density at radius 3 is 2.23 bits per heavy atom. The Labute approximate surface area is 84.1 Å². The highest BCUT2D eigenvalue weighted by atomic mass is 14.3. The van der Waals surface area contributed by atoms with E-state index in [1.807, 2.05) is 0 Å². The third kappa shape index (κ3) is 3.70. The molecule has 0 heterocycles. The average Bonchev–Trinajstić information content (AvgIpc) is 2.31. The third-order valence-corrected chi connectivity index (χ3v) is 3.47. The van der Waals surface area contributed by atoms with Gasteiger partial charge in [0.2, 0.25) is 0 Å². The van der Waals surface area contributed by atoms with E-state index in [0.717, 1.165) is 17.8 Å². The number of hydrogen-bond acceptors (Lipinski definition) is 0. The molecule has 1 rings (SSSR count). The molecule has 0 aromatic carbocycles. The van der Waals surface area contributed by atoms with Gasteiger partial charge in [0, 0.05) is 0 Å². The molecular formula is C13H26. The molecule has 0 heteroatoms. The third-order valence-electron chi connectivity index (χ3n) is 3.47. The van der Waals surface area contributed by atoms with Crippen LogP contribution in [0.2, 0.25) is 0 Å². The lowest BCUT2D eigenvalue weighted by Crippen LogP contribution is -2.17. The molecule has 0 N–H and O–H groups in total. The Morgan fingerprint density at radius 2 is 1.85 bits per heavy atom. The van der Waals surface area contributed by atoms with Gasteiger partial charge in [0.05, 0.1) is 0 Å². The molecular weight excluding hydrogens is 156 g/mol. The lowest BCUT2D eigenvalue weighted by Gasteiger charge is -2.27.